The molecular formula is C11H18Cl2N-. The van der Waals surface area contributed by atoms with E-state index in [0.717, 1.165) is 18.4 Å². The van der Waals surface area contributed by atoms with E-state index >= 15 is 0 Å². The van der Waals surface area contributed by atoms with E-state index in [9.17, 15) is 0 Å². The minimum Gasteiger partial charge on any atom is -1.00 e. The van der Waals surface area contributed by atoms with Crippen LogP contribution < -0.4 is 18.1 Å². The van der Waals surface area contributed by atoms with E-state index in [1.807, 2.05) is 0 Å². The summed E-state index contributed by atoms with van der Waals surface area (Å²) in [6.07, 6.45) is 7.92. The molecule has 4 saturated carbocycles. The van der Waals surface area contributed by atoms with Crippen LogP contribution in [0, 0.1) is 17.3 Å². The van der Waals surface area contributed by atoms with Crippen LogP contribution in [0.15, 0.2) is 0 Å². The monoisotopic (exact) mass is 234 g/mol. The first-order valence-electron chi connectivity index (χ1n) is 5.52. The summed E-state index contributed by atoms with van der Waals surface area (Å²) in [7, 11) is 0. The quantitative estimate of drug-likeness (QED) is 0.611. The van der Waals surface area contributed by atoms with Gasteiger partial charge in [0, 0.05) is 4.87 Å². The van der Waals surface area contributed by atoms with E-state index in [0.29, 0.717) is 5.41 Å². The Labute approximate surface area is 97.2 Å². The Morgan fingerprint density at radius 3 is 2.14 bits per heavy atom. The van der Waals surface area contributed by atoms with Gasteiger partial charge < -0.3 is 18.1 Å². The first-order valence-corrected chi connectivity index (χ1v) is 5.90. The Balaban J connectivity index is 0.000000750. The molecule has 4 bridgehead atoms. The normalized spacial score (nSPS) is 54.4. The van der Waals surface area contributed by atoms with Gasteiger partial charge in [-0.2, -0.15) is 0 Å². The van der Waals surface area contributed by atoms with Crippen LogP contribution in [0.1, 0.15) is 38.5 Å². The molecule has 3 heteroatoms. The van der Waals surface area contributed by atoms with Crippen molar-refractivity contribution >= 4 is 11.6 Å². The van der Waals surface area contributed by atoms with Gasteiger partial charge in [-0.3, -0.25) is 0 Å². The fourth-order valence-electron chi connectivity index (χ4n) is 4.57. The molecule has 0 radical (unpaired) electrons. The highest BCUT2D eigenvalue weighted by atomic mass is 35.5. The summed E-state index contributed by atoms with van der Waals surface area (Å²) in [5.41, 5.74) is 6.38. The molecule has 4 rings (SSSR count). The summed E-state index contributed by atoms with van der Waals surface area (Å²) in [5.74, 6) is 1.81. The molecule has 2 atom stereocenters. The van der Waals surface area contributed by atoms with Gasteiger partial charge in [0.15, 0.2) is 0 Å². The molecule has 0 amide bonds. The maximum Gasteiger partial charge on any atom is 0.0457 e. The van der Waals surface area contributed by atoms with E-state index in [1.165, 1.54) is 38.5 Å². The molecule has 82 valence electrons. The van der Waals surface area contributed by atoms with E-state index in [4.69, 9.17) is 17.3 Å². The number of hydrogen-bond acceptors (Lipinski definition) is 1. The third-order valence-electron chi connectivity index (χ3n) is 4.54. The average Bonchev–Trinajstić information content (AvgIpc) is 1.99. The Hall–Kier alpha value is 0.540. The number of rotatable bonds is 1. The topological polar surface area (TPSA) is 26.0 Å². The molecule has 2 N–H and O–H groups in total. The van der Waals surface area contributed by atoms with E-state index < -0.39 is 0 Å². The number of alkyl halides is 1. The zero-order chi connectivity index (χ0) is 9.10. The SMILES string of the molecule is NCC12CC3CC(CC(Cl)(C3)C1)C2.[Cl-]. The second kappa shape index (κ2) is 3.26. The van der Waals surface area contributed by atoms with Crippen molar-refractivity contribution < 1.29 is 12.4 Å². The van der Waals surface area contributed by atoms with Crippen molar-refractivity contribution in [2.45, 2.75) is 43.4 Å². The van der Waals surface area contributed by atoms with E-state index in [-0.39, 0.29) is 17.3 Å². The van der Waals surface area contributed by atoms with Gasteiger partial charge in [0.05, 0.1) is 0 Å². The van der Waals surface area contributed by atoms with Gasteiger partial charge in [-0.05, 0) is 62.3 Å². The van der Waals surface area contributed by atoms with Gasteiger partial charge in [0.1, 0.15) is 0 Å². The van der Waals surface area contributed by atoms with Crippen molar-refractivity contribution in [3.8, 4) is 0 Å². The van der Waals surface area contributed by atoms with Gasteiger partial charge in [-0.15, -0.1) is 11.6 Å². The molecule has 0 aromatic rings. The van der Waals surface area contributed by atoms with Crippen LogP contribution in [-0.4, -0.2) is 11.4 Å². The van der Waals surface area contributed by atoms with Gasteiger partial charge in [-0.25, -0.2) is 0 Å². The lowest BCUT2D eigenvalue weighted by atomic mass is 9.49. The molecule has 4 aliphatic carbocycles. The molecule has 0 aromatic carbocycles. The molecule has 0 aliphatic heterocycles. The highest BCUT2D eigenvalue weighted by Gasteiger charge is 2.56. The molecule has 4 aliphatic rings. The molecule has 1 nitrogen and oxygen atoms in total. The molecule has 2 unspecified atom stereocenters. The van der Waals surface area contributed by atoms with Crippen LogP contribution in [0.2, 0.25) is 0 Å². The van der Waals surface area contributed by atoms with Crippen molar-refractivity contribution in [3.63, 3.8) is 0 Å². The smallest absolute Gasteiger partial charge is 0.0457 e. The Morgan fingerprint density at radius 2 is 1.71 bits per heavy atom. The Morgan fingerprint density at radius 1 is 1.14 bits per heavy atom. The first kappa shape index (κ1) is 11.0. The van der Waals surface area contributed by atoms with Gasteiger partial charge in [-0.1, -0.05) is 0 Å². The summed E-state index contributed by atoms with van der Waals surface area (Å²) >= 11 is 6.64. The zero-order valence-corrected chi connectivity index (χ0v) is 9.95. The van der Waals surface area contributed by atoms with Crippen LogP contribution in [0.3, 0.4) is 0 Å². The van der Waals surface area contributed by atoms with Gasteiger partial charge >= 0.3 is 0 Å². The first-order chi connectivity index (χ1) is 6.13. The van der Waals surface area contributed by atoms with Crippen LogP contribution in [0.5, 0.6) is 0 Å². The average molecular weight is 235 g/mol. The highest BCUT2D eigenvalue weighted by molar-refractivity contribution is 6.24. The lowest BCUT2D eigenvalue weighted by molar-refractivity contribution is -0.0340. The molecule has 0 aromatic heterocycles. The third-order valence-corrected chi connectivity index (χ3v) is 4.99. The highest BCUT2D eigenvalue weighted by Crippen LogP contribution is 2.63. The Kier molecular flexibility index (Phi) is 2.57. The van der Waals surface area contributed by atoms with Gasteiger partial charge in [0.25, 0.3) is 0 Å². The maximum atomic E-state index is 6.64. The van der Waals surface area contributed by atoms with Crippen molar-refractivity contribution in [1.29, 1.82) is 0 Å². The Bertz CT molecular complexity index is 227. The second-order valence-corrected chi connectivity index (χ2v) is 6.62. The fraction of sp³-hybridized carbons (Fsp3) is 1.00. The molecule has 4 fully saturated rings. The van der Waals surface area contributed by atoms with Crippen LogP contribution in [-0.2, 0) is 0 Å². The summed E-state index contributed by atoms with van der Waals surface area (Å²) in [6.45, 7) is 0.870. The summed E-state index contributed by atoms with van der Waals surface area (Å²) in [5, 5.41) is 0. The van der Waals surface area contributed by atoms with Gasteiger partial charge in [0.2, 0.25) is 0 Å². The largest absolute Gasteiger partial charge is 1.00 e. The number of hydrogen-bond donors (Lipinski definition) is 1. The van der Waals surface area contributed by atoms with Crippen molar-refractivity contribution in [1.82, 2.24) is 0 Å². The van der Waals surface area contributed by atoms with Crippen LogP contribution in [0.4, 0.5) is 0 Å². The third kappa shape index (κ3) is 1.48. The second-order valence-electron chi connectivity index (χ2n) is 5.82. The summed E-state index contributed by atoms with van der Waals surface area (Å²) < 4.78 is 0. The van der Waals surface area contributed by atoms with Crippen LogP contribution in [0.25, 0.3) is 0 Å². The van der Waals surface area contributed by atoms with Crippen molar-refractivity contribution in [3.05, 3.63) is 0 Å². The standard InChI is InChI=1S/C11H18ClN.ClH/c12-11-4-8-1-9(5-11)3-10(2-8,6-11)7-13;/h8-9H,1-7,13H2;1H/p-1. The minimum atomic E-state index is 0. The summed E-state index contributed by atoms with van der Waals surface area (Å²) in [6, 6.07) is 0. The molecule has 0 heterocycles. The van der Waals surface area contributed by atoms with Crippen molar-refractivity contribution in [2.75, 3.05) is 6.54 Å². The molecule has 0 spiro atoms. The zero-order valence-electron chi connectivity index (χ0n) is 8.44. The lowest BCUT2D eigenvalue weighted by Crippen LogP contribution is -3.00. The van der Waals surface area contributed by atoms with Crippen LogP contribution >= 0.6 is 11.6 Å². The summed E-state index contributed by atoms with van der Waals surface area (Å²) in [4.78, 5) is 0.156. The van der Waals surface area contributed by atoms with E-state index in [1.54, 1.807) is 0 Å². The van der Waals surface area contributed by atoms with E-state index in [2.05, 4.69) is 0 Å². The fourth-order valence-corrected chi connectivity index (χ4v) is 5.29. The molecule has 14 heavy (non-hydrogen) atoms. The number of nitrogens with two attached hydrogens (primary N) is 1. The predicted molar refractivity (Wildman–Crippen MR) is 54.8 cm³/mol. The lowest BCUT2D eigenvalue weighted by Gasteiger charge is -2.59. The number of halogens is 2. The van der Waals surface area contributed by atoms with Crippen molar-refractivity contribution in [2.24, 2.45) is 23.0 Å². The maximum absolute atomic E-state index is 6.64. The molecule has 0 saturated heterocycles. The predicted octanol–water partition coefficient (Wildman–Crippen LogP) is -0.473. The minimum absolute atomic E-state index is 0. The molecular weight excluding hydrogens is 217 g/mol.